The maximum absolute atomic E-state index is 12.9. The van der Waals surface area contributed by atoms with Gasteiger partial charge < -0.3 is 10.1 Å². The first-order chi connectivity index (χ1) is 12.2. The number of anilines is 1. The molecule has 0 saturated carbocycles. The predicted molar refractivity (Wildman–Crippen MR) is 91.5 cm³/mol. The van der Waals surface area contributed by atoms with Crippen molar-refractivity contribution >= 4 is 27.5 Å². The van der Waals surface area contributed by atoms with Gasteiger partial charge in [-0.15, -0.1) is 4.83 Å². The van der Waals surface area contributed by atoms with Crippen molar-refractivity contribution in [1.29, 1.82) is 0 Å². The van der Waals surface area contributed by atoms with Gasteiger partial charge in [0.15, 0.2) is 0 Å². The zero-order chi connectivity index (χ0) is 19.3. The van der Waals surface area contributed by atoms with Gasteiger partial charge in [-0.3, -0.25) is 15.0 Å². The van der Waals surface area contributed by atoms with Gasteiger partial charge in [-0.05, 0) is 42.5 Å². The molecular formula is C16H16FN3O5S. The minimum atomic E-state index is -4.12. The molecule has 138 valence electrons. The molecule has 0 atom stereocenters. The fourth-order valence-electron chi connectivity index (χ4n) is 1.99. The number of carbonyl (C=O) groups excluding carboxylic acids is 2. The molecule has 8 nitrogen and oxygen atoms in total. The van der Waals surface area contributed by atoms with Crippen molar-refractivity contribution in [1.82, 2.24) is 10.3 Å². The number of sulfonamides is 1. The topological polar surface area (TPSA) is 114 Å². The van der Waals surface area contributed by atoms with Crippen molar-refractivity contribution in [3.05, 3.63) is 53.8 Å². The molecule has 0 aromatic heterocycles. The second-order valence-electron chi connectivity index (χ2n) is 5.11. The summed E-state index contributed by atoms with van der Waals surface area (Å²) in [4.78, 5) is 24.9. The minimum Gasteiger partial charge on any atom is -0.495 e. The Balaban J connectivity index is 2.17. The van der Waals surface area contributed by atoms with E-state index in [0.29, 0.717) is 0 Å². The van der Waals surface area contributed by atoms with E-state index < -0.39 is 27.7 Å². The number of nitrogens with one attached hydrogen (secondary N) is 3. The van der Waals surface area contributed by atoms with Gasteiger partial charge in [-0.1, -0.05) is 0 Å². The first-order valence-corrected chi connectivity index (χ1v) is 8.74. The minimum absolute atomic E-state index is 0.0720. The standard InChI is InChI=1S/C16H16FN3O5S/c1-10(21)18-14-9-13(7-8-15(14)25-2)26(23,24)20-19-16(22)11-3-5-12(17)6-4-11/h3-9,20H,1-2H3,(H,18,21)(H,19,22). The number of amides is 2. The summed E-state index contributed by atoms with van der Waals surface area (Å²) in [5, 5.41) is 2.45. The van der Waals surface area contributed by atoms with Crippen molar-refractivity contribution < 1.29 is 27.1 Å². The molecule has 0 aliphatic carbocycles. The Bertz CT molecular complexity index is 929. The van der Waals surface area contributed by atoms with Crippen LogP contribution in [-0.2, 0) is 14.8 Å². The summed E-state index contributed by atoms with van der Waals surface area (Å²) >= 11 is 0. The van der Waals surface area contributed by atoms with E-state index in [0.717, 1.165) is 12.1 Å². The van der Waals surface area contributed by atoms with E-state index in [1.807, 2.05) is 10.3 Å². The SMILES string of the molecule is COc1ccc(S(=O)(=O)NNC(=O)c2ccc(F)cc2)cc1NC(C)=O. The van der Waals surface area contributed by atoms with Crippen molar-refractivity contribution in [2.45, 2.75) is 11.8 Å². The maximum Gasteiger partial charge on any atom is 0.266 e. The number of ether oxygens (including phenoxy) is 1. The highest BCUT2D eigenvalue weighted by molar-refractivity contribution is 7.89. The Morgan fingerprint density at radius 1 is 1.08 bits per heavy atom. The molecule has 0 heterocycles. The number of methoxy groups -OCH3 is 1. The quantitative estimate of drug-likeness (QED) is 0.655. The Morgan fingerprint density at radius 2 is 1.73 bits per heavy atom. The summed E-state index contributed by atoms with van der Waals surface area (Å²) in [6.45, 7) is 1.27. The molecule has 0 spiro atoms. The van der Waals surface area contributed by atoms with Crippen LogP contribution in [0.4, 0.5) is 10.1 Å². The predicted octanol–water partition coefficient (Wildman–Crippen LogP) is 1.42. The van der Waals surface area contributed by atoms with Crippen LogP contribution in [0.3, 0.4) is 0 Å². The molecule has 3 N–H and O–H groups in total. The summed E-state index contributed by atoms with van der Waals surface area (Å²) in [6, 6.07) is 8.37. The van der Waals surface area contributed by atoms with Gasteiger partial charge in [0.05, 0.1) is 17.7 Å². The molecule has 0 radical (unpaired) electrons. The number of hydrogen-bond acceptors (Lipinski definition) is 5. The van der Waals surface area contributed by atoms with Gasteiger partial charge >= 0.3 is 0 Å². The molecule has 2 aromatic rings. The van der Waals surface area contributed by atoms with Gasteiger partial charge in [0.2, 0.25) is 5.91 Å². The Kier molecular flexibility index (Phi) is 5.90. The Morgan fingerprint density at radius 3 is 2.31 bits per heavy atom. The van der Waals surface area contributed by atoms with Crippen LogP contribution in [0.25, 0.3) is 0 Å². The van der Waals surface area contributed by atoms with Gasteiger partial charge in [0.25, 0.3) is 15.9 Å². The molecule has 2 aromatic carbocycles. The number of carbonyl (C=O) groups is 2. The molecule has 0 aliphatic heterocycles. The van der Waals surface area contributed by atoms with Crippen LogP contribution in [0, 0.1) is 5.82 Å². The lowest BCUT2D eigenvalue weighted by molar-refractivity contribution is -0.114. The van der Waals surface area contributed by atoms with Gasteiger partial charge in [0.1, 0.15) is 11.6 Å². The molecule has 2 amide bonds. The van der Waals surface area contributed by atoms with Crippen molar-refractivity contribution in [2.75, 3.05) is 12.4 Å². The lowest BCUT2D eigenvalue weighted by Crippen LogP contribution is -2.41. The monoisotopic (exact) mass is 381 g/mol. The number of hydrazine groups is 1. The van der Waals surface area contributed by atoms with Gasteiger partial charge in [-0.2, -0.15) is 0 Å². The number of hydrogen-bond donors (Lipinski definition) is 3. The van der Waals surface area contributed by atoms with Crippen LogP contribution in [0.5, 0.6) is 5.75 Å². The third-order valence-electron chi connectivity index (χ3n) is 3.20. The fourth-order valence-corrected chi connectivity index (χ4v) is 2.85. The molecule has 26 heavy (non-hydrogen) atoms. The molecule has 0 unspecified atom stereocenters. The second-order valence-corrected chi connectivity index (χ2v) is 6.79. The Labute approximate surface area is 149 Å². The van der Waals surface area contributed by atoms with Crippen LogP contribution in [0.1, 0.15) is 17.3 Å². The highest BCUT2D eigenvalue weighted by atomic mass is 32.2. The van der Waals surface area contributed by atoms with Crippen LogP contribution < -0.4 is 20.3 Å². The summed E-state index contributed by atoms with van der Waals surface area (Å²) in [5.41, 5.74) is 2.26. The van der Waals surface area contributed by atoms with Crippen molar-refractivity contribution in [3.63, 3.8) is 0 Å². The average molecular weight is 381 g/mol. The highest BCUT2D eigenvalue weighted by Gasteiger charge is 2.18. The van der Waals surface area contributed by atoms with E-state index in [2.05, 4.69) is 5.32 Å². The van der Waals surface area contributed by atoms with Gasteiger partial charge in [0, 0.05) is 12.5 Å². The van der Waals surface area contributed by atoms with E-state index in [1.165, 1.54) is 44.4 Å². The second kappa shape index (κ2) is 7.93. The third kappa shape index (κ3) is 4.77. The third-order valence-corrected chi connectivity index (χ3v) is 4.44. The normalized spacial score (nSPS) is 10.9. The van der Waals surface area contributed by atoms with E-state index in [1.54, 1.807) is 0 Å². The first kappa shape index (κ1) is 19.3. The van der Waals surface area contributed by atoms with Crippen LogP contribution in [0.2, 0.25) is 0 Å². The number of rotatable bonds is 6. The summed E-state index contributed by atoms with van der Waals surface area (Å²) in [7, 11) is -2.75. The van der Waals surface area contributed by atoms with Crippen LogP contribution in [-0.4, -0.2) is 27.3 Å². The van der Waals surface area contributed by atoms with E-state index in [9.17, 15) is 22.4 Å². The smallest absolute Gasteiger partial charge is 0.266 e. The zero-order valence-corrected chi connectivity index (χ0v) is 14.7. The molecule has 0 bridgehead atoms. The van der Waals surface area contributed by atoms with Crippen molar-refractivity contribution in [2.24, 2.45) is 0 Å². The van der Waals surface area contributed by atoms with E-state index >= 15 is 0 Å². The fraction of sp³-hybridized carbons (Fsp3) is 0.125. The van der Waals surface area contributed by atoms with Gasteiger partial charge in [-0.25, -0.2) is 12.8 Å². The van der Waals surface area contributed by atoms with Crippen molar-refractivity contribution in [3.8, 4) is 5.75 Å². The highest BCUT2D eigenvalue weighted by Crippen LogP contribution is 2.27. The first-order valence-electron chi connectivity index (χ1n) is 7.26. The Hall–Kier alpha value is -2.98. The summed E-state index contributed by atoms with van der Waals surface area (Å²) in [5.74, 6) is -1.42. The number of benzene rings is 2. The molecule has 0 saturated heterocycles. The molecule has 10 heteroatoms. The number of halogens is 1. The molecular weight excluding hydrogens is 365 g/mol. The lowest BCUT2D eigenvalue weighted by atomic mass is 10.2. The molecule has 0 fully saturated rings. The average Bonchev–Trinajstić information content (AvgIpc) is 2.60. The largest absolute Gasteiger partial charge is 0.495 e. The molecule has 2 rings (SSSR count). The zero-order valence-electron chi connectivity index (χ0n) is 13.9. The van der Waals surface area contributed by atoms with E-state index in [-0.39, 0.29) is 21.9 Å². The maximum atomic E-state index is 12.9. The summed E-state index contributed by atoms with van der Waals surface area (Å²) in [6.07, 6.45) is 0. The van der Waals surface area contributed by atoms with Crippen LogP contribution >= 0.6 is 0 Å². The van der Waals surface area contributed by atoms with Crippen LogP contribution in [0.15, 0.2) is 47.4 Å². The lowest BCUT2D eigenvalue weighted by Gasteiger charge is -2.12. The summed E-state index contributed by atoms with van der Waals surface area (Å²) < 4.78 is 42.5. The van der Waals surface area contributed by atoms with E-state index in [4.69, 9.17) is 4.74 Å². The molecule has 0 aliphatic rings.